The summed E-state index contributed by atoms with van der Waals surface area (Å²) in [6.45, 7) is 1.46. The van der Waals surface area contributed by atoms with E-state index >= 15 is 0 Å². The van der Waals surface area contributed by atoms with E-state index in [1.165, 1.54) is 38.3 Å². The van der Waals surface area contributed by atoms with Gasteiger partial charge in [0.2, 0.25) is 0 Å². The van der Waals surface area contributed by atoms with Gasteiger partial charge in [-0.05, 0) is 48.5 Å². The Bertz CT molecular complexity index is 1120. The molecule has 0 aliphatic rings. The highest BCUT2D eigenvalue weighted by molar-refractivity contribution is 8.02. The van der Waals surface area contributed by atoms with E-state index in [9.17, 15) is 32.3 Å². The van der Waals surface area contributed by atoms with Gasteiger partial charge in [-0.3, -0.25) is 14.2 Å². The van der Waals surface area contributed by atoms with Gasteiger partial charge < -0.3 is 9.84 Å². The van der Waals surface area contributed by atoms with Crippen LogP contribution in [0.25, 0.3) is 10.9 Å². The zero-order valence-electron chi connectivity index (χ0n) is 15.0. The number of halogens is 4. The number of carboxylic acids is 1. The van der Waals surface area contributed by atoms with Gasteiger partial charge in [-0.1, -0.05) is 0 Å². The van der Waals surface area contributed by atoms with Crippen molar-refractivity contribution in [1.82, 2.24) is 4.57 Å². The molecule has 0 unspecified atom stereocenters. The molecule has 3 aromatic rings. The highest BCUT2D eigenvalue weighted by Crippen LogP contribution is 2.41. The Labute approximate surface area is 169 Å². The van der Waals surface area contributed by atoms with Crippen molar-refractivity contribution in [3.63, 3.8) is 0 Å². The minimum absolute atomic E-state index is 0.00912. The zero-order valence-corrected chi connectivity index (χ0v) is 16.6. The number of carbonyl (C=O) groups excluding carboxylic acids is 1. The summed E-state index contributed by atoms with van der Waals surface area (Å²) in [7, 11) is 1.25. The number of benzene rings is 1. The van der Waals surface area contributed by atoms with Crippen molar-refractivity contribution in [1.29, 1.82) is 0 Å². The van der Waals surface area contributed by atoms with Crippen LogP contribution in [0.1, 0.15) is 20.9 Å². The summed E-state index contributed by atoms with van der Waals surface area (Å²) >= 11 is 0.319. The molecule has 1 N–H and O–H groups in total. The van der Waals surface area contributed by atoms with E-state index in [4.69, 9.17) is 4.74 Å². The van der Waals surface area contributed by atoms with Crippen molar-refractivity contribution >= 4 is 45.9 Å². The molecule has 0 saturated heterocycles. The fourth-order valence-electron chi connectivity index (χ4n) is 3.02. The molecule has 0 atom stereocenters. The number of methoxy groups -OCH3 is 1. The van der Waals surface area contributed by atoms with Crippen molar-refractivity contribution in [2.75, 3.05) is 7.11 Å². The summed E-state index contributed by atoms with van der Waals surface area (Å²) in [5, 5.41) is 9.12. The van der Waals surface area contributed by atoms with Crippen LogP contribution < -0.4 is 4.74 Å². The molecular weight excluding hydrogens is 434 g/mol. The van der Waals surface area contributed by atoms with Crippen molar-refractivity contribution in [2.24, 2.45) is 0 Å². The number of ether oxygens (including phenoxy) is 1. The first-order valence-electron chi connectivity index (χ1n) is 8.02. The lowest BCUT2D eigenvalue weighted by Crippen LogP contribution is -2.12. The van der Waals surface area contributed by atoms with Crippen LogP contribution in [0.2, 0.25) is 0 Å². The number of carbonyl (C=O) groups is 2. The number of alkyl halides is 3. The van der Waals surface area contributed by atoms with E-state index in [1.54, 1.807) is 0 Å². The molecule has 5 nitrogen and oxygen atoms in total. The smallest absolute Gasteiger partial charge is 0.447 e. The SMILES string of the molecule is COc1ccc2c(c1F)c(CC(=O)O)c(C)n2C(=O)c1ccc(SC(F)(F)F)s1. The Balaban J connectivity index is 2.16. The van der Waals surface area contributed by atoms with E-state index in [0.717, 1.165) is 4.57 Å². The number of aromatic nitrogens is 1. The molecule has 2 aromatic heterocycles. The molecule has 0 bridgehead atoms. The number of hydrogen-bond acceptors (Lipinski definition) is 5. The molecule has 11 heteroatoms. The first kappa shape index (κ1) is 21.2. The van der Waals surface area contributed by atoms with Gasteiger partial charge in [0.1, 0.15) is 0 Å². The standard InChI is InChI=1S/C18H13F4NO4S2/c1-8-9(7-13(24)25)15-10(3-4-11(27-2)16(15)19)23(8)17(26)12-5-6-14(28-12)29-18(20,21)22/h3-6H,7H2,1-2H3,(H,24,25). The first-order valence-corrected chi connectivity index (χ1v) is 9.65. The second kappa shape index (κ2) is 7.71. The first-order chi connectivity index (χ1) is 13.5. The maximum absolute atomic E-state index is 14.9. The largest absolute Gasteiger partial charge is 0.494 e. The number of fused-ring (bicyclic) bond motifs is 1. The molecule has 1 aromatic carbocycles. The third-order valence-corrected chi connectivity index (χ3v) is 6.10. The van der Waals surface area contributed by atoms with Crippen LogP contribution in [0.15, 0.2) is 28.5 Å². The predicted octanol–water partition coefficient (Wildman–Crippen LogP) is 5.09. The fraction of sp³-hybridized carbons (Fsp3) is 0.222. The molecule has 0 aliphatic heterocycles. The number of nitrogens with zero attached hydrogens (tertiary/aromatic N) is 1. The number of carboxylic acid groups (broad SMARTS) is 1. The van der Waals surface area contributed by atoms with E-state index in [-0.39, 0.29) is 48.8 Å². The maximum Gasteiger partial charge on any atom is 0.447 e. The van der Waals surface area contributed by atoms with Crippen LogP contribution in [-0.4, -0.2) is 34.2 Å². The number of thioether (sulfide) groups is 1. The second-order valence-electron chi connectivity index (χ2n) is 5.92. The monoisotopic (exact) mass is 447 g/mol. The van der Waals surface area contributed by atoms with E-state index in [2.05, 4.69) is 0 Å². The topological polar surface area (TPSA) is 68.5 Å². The highest BCUT2D eigenvalue weighted by atomic mass is 32.2. The molecule has 0 saturated carbocycles. The molecule has 0 fully saturated rings. The number of thiophene rings is 1. The molecule has 0 radical (unpaired) electrons. The molecule has 2 heterocycles. The van der Waals surface area contributed by atoms with Gasteiger partial charge in [0.25, 0.3) is 5.91 Å². The van der Waals surface area contributed by atoms with Gasteiger partial charge >= 0.3 is 11.5 Å². The van der Waals surface area contributed by atoms with Gasteiger partial charge in [0.15, 0.2) is 11.6 Å². The molecule has 3 rings (SSSR count). The normalized spacial score (nSPS) is 11.8. The van der Waals surface area contributed by atoms with Crippen LogP contribution in [0.3, 0.4) is 0 Å². The zero-order chi connectivity index (χ0) is 21.5. The van der Waals surface area contributed by atoms with Crippen LogP contribution in [0.4, 0.5) is 17.6 Å². The van der Waals surface area contributed by atoms with Crippen molar-refractivity contribution in [3.8, 4) is 5.75 Å². The lowest BCUT2D eigenvalue weighted by molar-refractivity contribution is -0.136. The van der Waals surface area contributed by atoms with Crippen LogP contribution in [0, 0.1) is 12.7 Å². The second-order valence-corrected chi connectivity index (χ2v) is 8.37. The highest BCUT2D eigenvalue weighted by Gasteiger charge is 2.31. The Morgan fingerprint density at radius 3 is 2.52 bits per heavy atom. The lowest BCUT2D eigenvalue weighted by Gasteiger charge is -2.07. The van der Waals surface area contributed by atoms with Gasteiger partial charge in [0.05, 0.1) is 28.1 Å². The summed E-state index contributed by atoms with van der Waals surface area (Å²) in [6, 6.07) is 5.14. The summed E-state index contributed by atoms with van der Waals surface area (Å²) in [5.74, 6) is -2.82. The Kier molecular flexibility index (Phi) is 5.63. The number of hydrogen-bond donors (Lipinski definition) is 1. The van der Waals surface area contributed by atoms with Crippen LogP contribution >= 0.6 is 23.1 Å². The van der Waals surface area contributed by atoms with E-state index in [1.807, 2.05) is 0 Å². The summed E-state index contributed by atoms with van der Waals surface area (Å²) in [5.41, 5.74) is -4.09. The molecule has 0 aliphatic carbocycles. The predicted molar refractivity (Wildman–Crippen MR) is 100 cm³/mol. The molecule has 154 valence electrons. The van der Waals surface area contributed by atoms with Crippen molar-refractivity contribution < 1.29 is 37.0 Å². The minimum atomic E-state index is -4.49. The van der Waals surface area contributed by atoms with Crippen molar-refractivity contribution in [2.45, 2.75) is 23.1 Å². The van der Waals surface area contributed by atoms with Crippen LogP contribution in [-0.2, 0) is 11.2 Å². The summed E-state index contributed by atoms with van der Waals surface area (Å²) < 4.78 is 58.5. The third kappa shape index (κ3) is 4.10. The van der Waals surface area contributed by atoms with Gasteiger partial charge in [-0.25, -0.2) is 4.39 Å². The van der Waals surface area contributed by atoms with Gasteiger partial charge in [-0.2, -0.15) is 13.2 Å². The quantitative estimate of drug-likeness (QED) is 0.436. The van der Waals surface area contributed by atoms with Gasteiger partial charge in [-0.15, -0.1) is 11.3 Å². The lowest BCUT2D eigenvalue weighted by atomic mass is 10.1. The maximum atomic E-state index is 14.9. The fourth-order valence-corrected chi connectivity index (χ4v) is 4.77. The minimum Gasteiger partial charge on any atom is -0.494 e. The number of rotatable bonds is 5. The average Bonchev–Trinajstić information content (AvgIpc) is 3.16. The molecular formula is C18H13F4NO4S2. The van der Waals surface area contributed by atoms with Crippen LogP contribution in [0.5, 0.6) is 5.75 Å². The number of aliphatic carboxylic acids is 1. The van der Waals surface area contributed by atoms with Gasteiger partial charge in [0, 0.05) is 11.1 Å². The van der Waals surface area contributed by atoms with Crippen molar-refractivity contribution in [3.05, 3.63) is 46.2 Å². The molecule has 0 amide bonds. The molecule has 29 heavy (non-hydrogen) atoms. The third-order valence-electron chi connectivity index (χ3n) is 4.16. The summed E-state index contributed by atoms with van der Waals surface area (Å²) in [6.07, 6.45) is -0.535. The Morgan fingerprint density at radius 1 is 1.24 bits per heavy atom. The molecule has 0 spiro atoms. The van der Waals surface area contributed by atoms with E-state index < -0.39 is 29.6 Å². The summed E-state index contributed by atoms with van der Waals surface area (Å²) in [4.78, 5) is 24.3. The van der Waals surface area contributed by atoms with E-state index in [0.29, 0.717) is 11.3 Å². The Morgan fingerprint density at radius 2 is 1.93 bits per heavy atom. The Hall–Kier alpha value is -2.53. The average molecular weight is 447 g/mol.